The number of rotatable bonds is 4. The Kier molecular flexibility index (Phi) is 3.77. The summed E-state index contributed by atoms with van der Waals surface area (Å²) >= 11 is 0. The number of hydrogen-bond donors (Lipinski definition) is 2. The average Bonchev–Trinajstić information content (AvgIpc) is 2.84. The van der Waals surface area contributed by atoms with Crippen molar-refractivity contribution >= 4 is 15.8 Å². The van der Waals surface area contributed by atoms with Crippen LogP contribution in [0.3, 0.4) is 0 Å². The predicted octanol–water partition coefficient (Wildman–Crippen LogP) is 1.95. The Morgan fingerprint density at radius 2 is 2.20 bits per heavy atom. The Balaban J connectivity index is 2.39. The van der Waals surface area contributed by atoms with Gasteiger partial charge in [0.1, 0.15) is 5.82 Å². The highest BCUT2D eigenvalue weighted by atomic mass is 32.2. The van der Waals surface area contributed by atoms with E-state index in [2.05, 4.69) is 14.9 Å². The van der Waals surface area contributed by atoms with Crippen molar-refractivity contribution in [1.29, 1.82) is 5.26 Å². The lowest BCUT2D eigenvalue weighted by atomic mass is 10.2. The number of sulfonamides is 1. The molecule has 0 amide bonds. The van der Waals surface area contributed by atoms with E-state index < -0.39 is 10.0 Å². The van der Waals surface area contributed by atoms with E-state index in [-0.39, 0.29) is 4.90 Å². The molecule has 2 N–H and O–H groups in total. The fraction of sp³-hybridized carbons (Fsp3) is 0.231. The van der Waals surface area contributed by atoms with Crippen LogP contribution in [-0.4, -0.2) is 18.6 Å². The van der Waals surface area contributed by atoms with E-state index >= 15 is 0 Å². The maximum atomic E-state index is 12.3. The van der Waals surface area contributed by atoms with E-state index in [1.165, 1.54) is 12.1 Å². The lowest BCUT2D eigenvalue weighted by Crippen LogP contribution is -2.15. The van der Waals surface area contributed by atoms with Crippen molar-refractivity contribution in [3.63, 3.8) is 0 Å². The second kappa shape index (κ2) is 5.35. The molecule has 2 aromatic rings. The normalized spacial score (nSPS) is 11.1. The maximum Gasteiger partial charge on any atom is 0.263 e. The predicted molar refractivity (Wildman–Crippen MR) is 74.7 cm³/mol. The summed E-state index contributed by atoms with van der Waals surface area (Å²) in [4.78, 5) is 0.146. The van der Waals surface area contributed by atoms with Gasteiger partial charge in [0, 0.05) is 5.56 Å². The number of nitriles is 1. The second-order valence-electron chi connectivity index (χ2n) is 4.32. The molecule has 0 aliphatic carbocycles. The number of aryl methyl sites for hydroxylation is 2. The van der Waals surface area contributed by atoms with Crippen LogP contribution in [-0.2, 0) is 16.4 Å². The fourth-order valence-corrected chi connectivity index (χ4v) is 3.16. The summed E-state index contributed by atoms with van der Waals surface area (Å²) in [7, 11) is -3.70. The number of H-pyrrole nitrogens is 1. The van der Waals surface area contributed by atoms with Gasteiger partial charge in [0.05, 0.1) is 22.7 Å². The van der Waals surface area contributed by atoms with E-state index in [0.717, 1.165) is 5.56 Å². The maximum absolute atomic E-state index is 12.3. The van der Waals surface area contributed by atoms with Crippen molar-refractivity contribution < 1.29 is 8.42 Å². The molecule has 0 bridgehead atoms. The molecule has 0 unspecified atom stereocenters. The minimum absolute atomic E-state index is 0.146. The van der Waals surface area contributed by atoms with Crippen LogP contribution >= 0.6 is 0 Å². The highest BCUT2D eigenvalue weighted by Crippen LogP contribution is 2.21. The Morgan fingerprint density at radius 1 is 1.45 bits per heavy atom. The number of aromatic amines is 1. The van der Waals surface area contributed by atoms with Crippen molar-refractivity contribution in [2.45, 2.75) is 25.2 Å². The summed E-state index contributed by atoms with van der Waals surface area (Å²) in [5.74, 6) is 0.372. The van der Waals surface area contributed by atoms with Gasteiger partial charge < -0.3 is 0 Å². The standard InChI is InChI=1S/C13H14N4O2S/c1-3-11-8-15-16-13(11)17-20(18,19)12-5-4-10(7-14)6-9(12)2/h4-6,8H,3H2,1-2H3,(H2,15,16,17). The third-order valence-corrected chi connectivity index (χ3v) is 4.44. The molecule has 1 aromatic heterocycles. The SMILES string of the molecule is CCc1cn[nH]c1NS(=O)(=O)c1ccc(C#N)cc1C. The molecule has 6 nitrogen and oxygen atoms in total. The summed E-state index contributed by atoms with van der Waals surface area (Å²) in [6.07, 6.45) is 2.25. The molecule has 104 valence electrons. The first-order valence-electron chi connectivity index (χ1n) is 6.03. The molecular formula is C13H14N4O2S. The Labute approximate surface area is 117 Å². The monoisotopic (exact) mass is 290 g/mol. The van der Waals surface area contributed by atoms with E-state index in [1.807, 2.05) is 13.0 Å². The Hall–Kier alpha value is -2.33. The molecule has 1 heterocycles. The zero-order chi connectivity index (χ0) is 14.8. The summed E-state index contributed by atoms with van der Waals surface area (Å²) < 4.78 is 27.2. The van der Waals surface area contributed by atoms with Gasteiger partial charge in [0.25, 0.3) is 10.0 Å². The smallest absolute Gasteiger partial charge is 0.263 e. The summed E-state index contributed by atoms with van der Waals surface area (Å²) in [5.41, 5.74) is 1.74. The third kappa shape index (κ3) is 2.65. The van der Waals surface area contributed by atoms with E-state index in [0.29, 0.717) is 23.4 Å². The topological polar surface area (TPSA) is 98.6 Å². The molecule has 0 spiro atoms. The molecule has 7 heteroatoms. The van der Waals surface area contributed by atoms with Gasteiger partial charge in [-0.25, -0.2) is 8.42 Å². The van der Waals surface area contributed by atoms with Gasteiger partial charge in [-0.1, -0.05) is 6.92 Å². The summed E-state index contributed by atoms with van der Waals surface area (Å²) in [5, 5.41) is 15.3. The number of benzene rings is 1. The lowest BCUT2D eigenvalue weighted by Gasteiger charge is -2.10. The first-order valence-corrected chi connectivity index (χ1v) is 7.52. The van der Waals surface area contributed by atoms with E-state index in [9.17, 15) is 8.42 Å². The van der Waals surface area contributed by atoms with Crippen molar-refractivity contribution in [2.75, 3.05) is 4.72 Å². The first kappa shape index (κ1) is 14.1. The van der Waals surface area contributed by atoms with Crippen LogP contribution in [0, 0.1) is 18.3 Å². The molecule has 1 aromatic carbocycles. The van der Waals surface area contributed by atoms with Crippen LogP contribution in [0.5, 0.6) is 0 Å². The molecule has 0 saturated carbocycles. The quantitative estimate of drug-likeness (QED) is 0.899. The zero-order valence-electron chi connectivity index (χ0n) is 11.1. The van der Waals surface area contributed by atoms with Gasteiger partial charge in [-0.2, -0.15) is 10.4 Å². The zero-order valence-corrected chi connectivity index (χ0v) is 12.0. The Bertz CT molecular complexity index is 772. The molecular weight excluding hydrogens is 276 g/mol. The van der Waals surface area contributed by atoms with Crippen LogP contribution in [0.15, 0.2) is 29.3 Å². The van der Waals surface area contributed by atoms with E-state index in [4.69, 9.17) is 5.26 Å². The first-order chi connectivity index (χ1) is 9.47. The van der Waals surface area contributed by atoms with Crippen molar-refractivity contribution in [2.24, 2.45) is 0 Å². The lowest BCUT2D eigenvalue weighted by molar-refractivity contribution is 0.600. The minimum Gasteiger partial charge on any atom is -0.263 e. The van der Waals surface area contributed by atoms with Crippen LogP contribution in [0.2, 0.25) is 0 Å². The third-order valence-electron chi connectivity index (χ3n) is 2.93. The van der Waals surface area contributed by atoms with Crippen LogP contribution in [0.4, 0.5) is 5.82 Å². The number of aromatic nitrogens is 2. The van der Waals surface area contributed by atoms with E-state index in [1.54, 1.807) is 19.2 Å². The number of nitrogens with zero attached hydrogens (tertiary/aromatic N) is 2. The summed E-state index contributed by atoms with van der Waals surface area (Å²) in [6.45, 7) is 3.57. The van der Waals surface area contributed by atoms with Gasteiger partial charge in [-0.15, -0.1) is 0 Å². The summed E-state index contributed by atoms with van der Waals surface area (Å²) in [6, 6.07) is 6.43. The van der Waals surface area contributed by atoms with Gasteiger partial charge >= 0.3 is 0 Å². The Morgan fingerprint density at radius 3 is 2.80 bits per heavy atom. The molecule has 20 heavy (non-hydrogen) atoms. The van der Waals surface area contributed by atoms with Gasteiger partial charge in [0.2, 0.25) is 0 Å². The van der Waals surface area contributed by atoms with Crippen LogP contribution in [0.1, 0.15) is 23.6 Å². The van der Waals surface area contributed by atoms with Gasteiger partial charge in [-0.3, -0.25) is 9.82 Å². The molecule has 2 rings (SSSR count). The molecule has 0 fully saturated rings. The average molecular weight is 290 g/mol. The molecule has 0 radical (unpaired) electrons. The number of nitrogens with one attached hydrogen (secondary N) is 2. The van der Waals surface area contributed by atoms with Gasteiger partial charge in [-0.05, 0) is 37.1 Å². The highest BCUT2D eigenvalue weighted by molar-refractivity contribution is 7.92. The largest absolute Gasteiger partial charge is 0.263 e. The van der Waals surface area contributed by atoms with Crippen molar-refractivity contribution in [1.82, 2.24) is 10.2 Å². The molecule has 0 atom stereocenters. The van der Waals surface area contributed by atoms with Crippen LogP contribution in [0.25, 0.3) is 0 Å². The minimum atomic E-state index is -3.70. The fourth-order valence-electron chi connectivity index (χ4n) is 1.88. The number of hydrogen-bond acceptors (Lipinski definition) is 4. The molecule has 0 aliphatic rings. The molecule has 0 aliphatic heterocycles. The van der Waals surface area contributed by atoms with Crippen molar-refractivity contribution in [3.05, 3.63) is 41.1 Å². The van der Waals surface area contributed by atoms with Gasteiger partial charge in [0.15, 0.2) is 0 Å². The van der Waals surface area contributed by atoms with Crippen molar-refractivity contribution in [3.8, 4) is 6.07 Å². The van der Waals surface area contributed by atoms with Crippen LogP contribution < -0.4 is 4.72 Å². The molecule has 0 saturated heterocycles. The second-order valence-corrected chi connectivity index (χ2v) is 5.97. The highest BCUT2D eigenvalue weighted by Gasteiger charge is 2.19. The number of anilines is 1.